The number of alkyl halides is 2. The molecule has 0 spiro atoms. The molecule has 0 atom stereocenters. The minimum atomic E-state index is -2.70. The van der Waals surface area contributed by atoms with Gasteiger partial charge in [-0.05, 0) is 56.2 Å². The van der Waals surface area contributed by atoms with Crippen LogP contribution in [0.3, 0.4) is 0 Å². The Morgan fingerprint density at radius 2 is 1.93 bits per heavy atom. The number of carbonyl (C=O) groups is 1. The second-order valence-electron chi connectivity index (χ2n) is 6.91. The first kappa shape index (κ1) is 19.7. The molecule has 146 valence electrons. The summed E-state index contributed by atoms with van der Waals surface area (Å²) in [5, 5.41) is 3.83. The lowest BCUT2D eigenvalue weighted by Crippen LogP contribution is -2.26. The fourth-order valence-electron chi connectivity index (χ4n) is 3.23. The van der Waals surface area contributed by atoms with Crippen molar-refractivity contribution in [3.63, 3.8) is 0 Å². The summed E-state index contributed by atoms with van der Waals surface area (Å²) in [6, 6.07) is 10.9. The predicted molar refractivity (Wildman–Crippen MR) is 103 cm³/mol. The first-order chi connectivity index (χ1) is 13.2. The fourth-order valence-corrected chi connectivity index (χ4v) is 3.23. The van der Waals surface area contributed by atoms with Crippen LogP contribution in [0.2, 0.25) is 0 Å². The van der Waals surface area contributed by atoms with Crippen molar-refractivity contribution in [2.45, 2.75) is 33.9 Å². The Morgan fingerprint density at radius 3 is 2.57 bits per heavy atom. The molecular formula is C21H22F2N4O. The molecular weight excluding hydrogens is 362 g/mol. The van der Waals surface area contributed by atoms with Gasteiger partial charge in [-0.25, -0.2) is 4.68 Å². The number of benzene rings is 1. The van der Waals surface area contributed by atoms with E-state index in [0.717, 1.165) is 17.0 Å². The Bertz CT molecular complexity index is 993. The highest BCUT2D eigenvalue weighted by Gasteiger charge is 2.16. The molecule has 7 heteroatoms. The zero-order chi connectivity index (χ0) is 20.4. The minimum absolute atomic E-state index is 0.165. The van der Waals surface area contributed by atoms with Gasteiger partial charge in [0.1, 0.15) is 0 Å². The van der Waals surface area contributed by atoms with Crippen molar-refractivity contribution < 1.29 is 13.6 Å². The van der Waals surface area contributed by atoms with E-state index in [1.54, 1.807) is 43.1 Å². The van der Waals surface area contributed by atoms with Gasteiger partial charge in [-0.3, -0.25) is 9.78 Å². The van der Waals surface area contributed by atoms with E-state index in [4.69, 9.17) is 0 Å². The average molecular weight is 384 g/mol. The number of carbonyl (C=O) groups excluding carboxylic acids is 1. The Hall–Kier alpha value is -3.09. The van der Waals surface area contributed by atoms with Crippen LogP contribution >= 0.6 is 0 Å². The predicted octanol–water partition coefficient (Wildman–Crippen LogP) is 4.54. The molecule has 0 N–H and O–H groups in total. The number of amides is 1. The molecule has 0 aliphatic carbocycles. The molecule has 5 nitrogen and oxygen atoms in total. The molecule has 3 rings (SSSR count). The number of rotatable bonds is 5. The van der Waals surface area contributed by atoms with Gasteiger partial charge in [0.05, 0.1) is 17.9 Å². The maximum Gasteiger partial charge on any atom is 0.333 e. The minimum Gasteiger partial charge on any atom is -0.336 e. The summed E-state index contributed by atoms with van der Waals surface area (Å²) < 4.78 is 26.4. The Kier molecular flexibility index (Phi) is 5.53. The van der Waals surface area contributed by atoms with Crippen molar-refractivity contribution in [3.8, 4) is 11.1 Å². The molecule has 2 aromatic heterocycles. The number of aromatic nitrogens is 3. The highest BCUT2D eigenvalue weighted by molar-refractivity contribution is 5.95. The molecule has 0 aliphatic rings. The fraction of sp³-hybridized carbons (Fsp3) is 0.286. The number of hydrogen-bond acceptors (Lipinski definition) is 3. The summed E-state index contributed by atoms with van der Waals surface area (Å²) >= 11 is 0. The highest BCUT2D eigenvalue weighted by Crippen LogP contribution is 2.26. The molecule has 0 bridgehead atoms. The lowest BCUT2D eigenvalue weighted by atomic mass is 10.0. The summed E-state index contributed by atoms with van der Waals surface area (Å²) in [4.78, 5) is 18.9. The largest absolute Gasteiger partial charge is 0.336 e. The van der Waals surface area contributed by atoms with Crippen molar-refractivity contribution >= 4 is 5.91 Å². The summed E-state index contributed by atoms with van der Waals surface area (Å²) in [6.45, 7) is 3.26. The van der Waals surface area contributed by atoms with Crippen LogP contribution < -0.4 is 0 Å². The topological polar surface area (TPSA) is 51.0 Å². The van der Waals surface area contributed by atoms with Crippen molar-refractivity contribution in [2.24, 2.45) is 0 Å². The number of halogens is 2. The summed E-state index contributed by atoms with van der Waals surface area (Å²) in [5.41, 5.74) is 5.04. The molecule has 1 aromatic carbocycles. The molecule has 2 heterocycles. The first-order valence-electron chi connectivity index (χ1n) is 8.88. The van der Waals surface area contributed by atoms with Gasteiger partial charge in [0.2, 0.25) is 0 Å². The maximum absolute atomic E-state index is 12.9. The molecule has 0 fully saturated rings. The second-order valence-corrected chi connectivity index (χ2v) is 6.91. The van der Waals surface area contributed by atoms with E-state index in [1.165, 1.54) is 6.20 Å². The summed E-state index contributed by atoms with van der Waals surface area (Å²) in [6.07, 6.45) is 1.30. The van der Waals surface area contributed by atoms with Crippen LogP contribution in [0, 0.1) is 20.8 Å². The zero-order valence-corrected chi connectivity index (χ0v) is 16.3. The molecule has 1 amide bonds. The van der Waals surface area contributed by atoms with Gasteiger partial charge in [-0.15, -0.1) is 0 Å². The van der Waals surface area contributed by atoms with Gasteiger partial charge in [0.25, 0.3) is 5.91 Å². The third-order valence-corrected chi connectivity index (χ3v) is 4.43. The molecule has 3 aromatic rings. The van der Waals surface area contributed by atoms with Crippen molar-refractivity contribution in [1.29, 1.82) is 0 Å². The number of aryl methyl sites for hydroxylation is 3. The highest BCUT2D eigenvalue weighted by atomic mass is 19.3. The van der Waals surface area contributed by atoms with E-state index in [1.807, 2.05) is 26.0 Å². The van der Waals surface area contributed by atoms with E-state index < -0.39 is 6.55 Å². The molecule has 0 aliphatic heterocycles. The maximum atomic E-state index is 12.9. The van der Waals surface area contributed by atoms with Gasteiger partial charge in [-0.1, -0.05) is 12.1 Å². The summed E-state index contributed by atoms with van der Waals surface area (Å²) in [5.74, 6) is -0.165. The van der Waals surface area contributed by atoms with Gasteiger partial charge in [0, 0.05) is 30.1 Å². The van der Waals surface area contributed by atoms with Crippen molar-refractivity contribution in [2.75, 3.05) is 7.05 Å². The number of hydrogen-bond donors (Lipinski definition) is 0. The van der Waals surface area contributed by atoms with E-state index >= 15 is 0 Å². The quantitative estimate of drug-likeness (QED) is 0.649. The zero-order valence-electron chi connectivity index (χ0n) is 16.3. The Labute approximate surface area is 162 Å². The average Bonchev–Trinajstić information content (AvgIpc) is 3.02. The molecule has 28 heavy (non-hydrogen) atoms. The third kappa shape index (κ3) is 4.24. The van der Waals surface area contributed by atoms with Crippen LogP contribution in [-0.4, -0.2) is 32.6 Å². The van der Waals surface area contributed by atoms with Crippen LogP contribution in [-0.2, 0) is 6.54 Å². The van der Waals surface area contributed by atoms with Gasteiger partial charge < -0.3 is 4.90 Å². The van der Waals surface area contributed by atoms with Crippen LogP contribution in [0.1, 0.15) is 39.6 Å². The normalized spacial score (nSPS) is 11.1. The summed E-state index contributed by atoms with van der Waals surface area (Å²) in [7, 11) is 1.72. The van der Waals surface area contributed by atoms with Crippen LogP contribution in [0.25, 0.3) is 11.1 Å². The monoisotopic (exact) mass is 384 g/mol. The van der Waals surface area contributed by atoms with Crippen LogP contribution in [0.4, 0.5) is 8.78 Å². The van der Waals surface area contributed by atoms with Crippen molar-refractivity contribution in [1.82, 2.24) is 19.7 Å². The molecule has 0 saturated heterocycles. The van der Waals surface area contributed by atoms with Crippen LogP contribution in [0.15, 0.2) is 42.6 Å². The lowest BCUT2D eigenvalue weighted by Gasteiger charge is -2.18. The van der Waals surface area contributed by atoms with E-state index in [0.29, 0.717) is 33.6 Å². The Morgan fingerprint density at radius 1 is 1.18 bits per heavy atom. The smallest absolute Gasteiger partial charge is 0.333 e. The molecule has 0 saturated carbocycles. The molecule has 0 radical (unpaired) electrons. The second kappa shape index (κ2) is 7.88. The number of nitrogens with zero attached hydrogens (tertiary/aromatic N) is 4. The Balaban J connectivity index is 1.84. The van der Waals surface area contributed by atoms with E-state index in [2.05, 4.69) is 10.1 Å². The third-order valence-electron chi connectivity index (χ3n) is 4.43. The van der Waals surface area contributed by atoms with Gasteiger partial charge >= 0.3 is 6.55 Å². The van der Waals surface area contributed by atoms with E-state index in [9.17, 15) is 13.6 Å². The van der Waals surface area contributed by atoms with E-state index in [-0.39, 0.29) is 5.91 Å². The van der Waals surface area contributed by atoms with Crippen molar-refractivity contribution in [3.05, 3.63) is 70.8 Å². The lowest BCUT2D eigenvalue weighted by molar-refractivity contribution is 0.0563. The molecule has 0 unspecified atom stereocenters. The van der Waals surface area contributed by atoms with Gasteiger partial charge in [0.15, 0.2) is 0 Å². The standard InChI is InChI=1S/C21H22F2N4O/c1-13-8-14(2)24-18(9-13)11-26(4)20(28)17-7-5-6-16(10-17)19-12-27(21(22)23)25-15(19)3/h5-10,12,21H,11H2,1-4H3. The van der Waals surface area contributed by atoms with Gasteiger partial charge in [-0.2, -0.15) is 13.9 Å². The number of pyridine rings is 1. The van der Waals surface area contributed by atoms with Crippen LogP contribution in [0.5, 0.6) is 0 Å². The SMILES string of the molecule is Cc1cc(C)nc(CN(C)C(=O)c2cccc(-c3cn(C(F)F)nc3C)c2)c1. The first-order valence-corrected chi connectivity index (χ1v) is 8.88.